The Balaban J connectivity index is 1.62. The van der Waals surface area contributed by atoms with Gasteiger partial charge in [0.15, 0.2) is 0 Å². The van der Waals surface area contributed by atoms with E-state index < -0.39 is 0 Å². The summed E-state index contributed by atoms with van der Waals surface area (Å²) >= 11 is 2.25. The molecule has 3 aromatic carbocycles. The molecule has 1 unspecified atom stereocenters. The van der Waals surface area contributed by atoms with Crippen LogP contribution in [0.4, 0.5) is 5.69 Å². The lowest BCUT2D eigenvalue weighted by atomic mass is 10.1. The summed E-state index contributed by atoms with van der Waals surface area (Å²) in [5.41, 5.74) is 4.47. The lowest BCUT2D eigenvalue weighted by Crippen LogP contribution is -2.34. The molecule has 25 heavy (non-hydrogen) atoms. The van der Waals surface area contributed by atoms with Gasteiger partial charge in [0, 0.05) is 14.8 Å². The predicted octanol–water partition coefficient (Wildman–Crippen LogP) is 4.40. The predicted molar refractivity (Wildman–Crippen MR) is 112 cm³/mol. The van der Waals surface area contributed by atoms with Crippen LogP contribution in [-0.4, -0.2) is 18.2 Å². The minimum Gasteiger partial charge on any atom is -0.374 e. The minimum atomic E-state index is -0.385. The van der Waals surface area contributed by atoms with Gasteiger partial charge in [-0.1, -0.05) is 42.5 Å². The Labute approximate surface area is 160 Å². The van der Waals surface area contributed by atoms with Crippen molar-refractivity contribution in [3.05, 3.63) is 75.9 Å². The molecule has 0 aliphatic carbocycles. The molecule has 2 N–H and O–H groups in total. The molecule has 0 saturated heterocycles. The number of amides is 1. The molecule has 3 rings (SSSR count). The summed E-state index contributed by atoms with van der Waals surface area (Å²) in [4.78, 5) is 12.2. The van der Waals surface area contributed by atoms with Crippen LogP contribution in [0.2, 0.25) is 0 Å². The topological polar surface area (TPSA) is 53.5 Å². The molecule has 0 bridgehead atoms. The number of carbonyl (C=O) groups is 1. The van der Waals surface area contributed by atoms with Crippen molar-refractivity contribution in [2.75, 3.05) is 5.32 Å². The summed E-state index contributed by atoms with van der Waals surface area (Å²) in [6, 6.07) is 21.6. The highest BCUT2D eigenvalue weighted by molar-refractivity contribution is 14.1. The number of hydrogen-bond acceptors (Lipinski definition) is 3. The number of anilines is 1. The Morgan fingerprint density at radius 1 is 1.04 bits per heavy atom. The molecule has 0 heterocycles. The van der Waals surface area contributed by atoms with Crippen molar-refractivity contribution >= 4 is 51.2 Å². The molecule has 0 spiro atoms. The van der Waals surface area contributed by atoms with Crippen LogP contribution in [0.25, 0.3) is 10.8 Å². The monoisotopic (exact) mass is 443 g/mol. The van der Waals surface area contributed by atoms with Gasteiger partial charge < -0.3 is 5.32 Å². The zero-order valence-electron chi connectivity index (χ0n) is 13.7. The Morgan fingerprint density at radius 2 is 1.76 bits per heavy atom. The smallest absolute Gasteiger partial charge is 0.262 e. The van der Waals surface area contributed by atoms with E-state index in [1.807, 2.05) is 54.6 Å². The Hall–Kier alpha value is -2.41. The first-order valence-corrected chi connectivity index (χ1v) is 9.04. The van der Waals surface area contributed by atoms with E-state index in [4.69, 9.17) is 0 Å². The molecule has 0 aromatic heterocycles. The molecule has 5 heteroatoms. The molecule has 0 saturated carbocycles. The molecular weight excluding hydrogens is 425 g/mol. The normalized spacial score (nSPS) is 12.2. The quantitative estimate of drug-likeness (QED) is 0.349. The molecule has 0 aliphatic heterocycles. The number of benzene rings is 3. The maximum atomic E-state index is 12.2. The fraction of sp³-hybridized carbons (Fsp3) is 0.100. The lowest BCUT2D eigenvalue weighted by molar-refractivity contribution is -0.121. The van der Waals surface area contributed by atoms with E-state index in [0.717, 1.165) is 25.6 Å². The number of hydrazone groups is 1. The maximum absolute atomic E-state index is 12.2. The van der Waals surface area contributed by atoms with Gasteiger partial charge in [0.05, 0.1) is 6.21 Å². The summed E-state index contributed by atoms with van der Waals surface area (Å²) in [6.07, 6.45) is 1.68. The van der Waals surface area contributed by atoms with Crippen LogP contribution in [0.15, 0.2) is 71.8 Å². The molecule has 0 fully saturated rings. The Kier molecular flexibility index (Phi) is 5.65. The molecule has 1 amide bonds. The zero-order chi connectivity index (χ0) is 17.6. The van der Waals surface area contributed by atoms with Gasteiger partial charge >= 0.3 is 0 Å². The fourth-order valence-corrected chi connectivity index (χ4v) is 2.85. The Bertz CT molecular complexity index is 901. The second-order valence-electron chi connectivity index (χ2n) is 5.68. The van der Waals surface area contributed by atoms with Crippen LogP contribution >= 0.6 is 22.6 Å². The van der Waals surface area contributed by atoms with Crippen LogP contribution in [0.1, 0.15) is 12.5 Å². The van der Waals surface area contributed by atoms with Gasteiger partial charge in [-0.3, -0.25) is 4.79 Å². The van der Waals surface area contributed by atoms with Gasteiger partial charge in [-0.25, -0.2) is 5.43 Å². The van der Waals surface area contributed by atoms with Crippen molar-refractivity contribution in [2.24, 2.45) is 5.10 Å². The number of hydrogen-bond donors (Lipinski definition) is 2. The lowest BCUT2D eigenvalue weighted by Gasteiger charge is -2.13. The fourth-order valence-electron chi connectivity index (χ4n) is 2.49. The van der Waals surface area contributed by atoms with E-state index in [1.54, 1.807) is 13.1 Å². The highest BCUT2D eigenvalue weighted by Gasteiger charge is 2.11. The van der Waals surface area contributed by atoms with Crippen molar-refractivity contribution in [2.45, 2.75) is 13.0 Å². The summed E-state index contributed by atoms with van der Waals surface area (Å²) in [5, 5.41) is 9.51. The minimum absolute atomic E-state index is 0.185. The zero-order valence-corrected chi connectivity index (χ0v) is 15.9. The van der Waals surface area contributed by atoms with Gasteiger partial charge in [-0.15, -0.1) is 0 Å². The number of rotatable bonds is 5. The summed E-state index contributed by atoms with van der Waals surface area (Å²) < 4.78 is 1.15. The second kappa shape index (κ2) is 8.11. The first-order chi connectivity index (χ1) is 12.1. The van der Waals surface area contributed by atoms with Gasteiger partial charge in [-0.2, -0.15) is 5.10 Å². The third-order valence-electron chi connectivity index (χ3n) is 3.82. The summed E-state index contributed by atoms with van der Waals surface area (Å²) in [6.45, 7) is 1.81. The van der Waals surface area contributed by atoms with Crippen LogP contribution < -0.4 is 10.7 Å². The molecule has 3 aromatic rings. The van der Waals surface area contributed by atoms with E-state index in [9.17, 15) is 4.79 Å². The van der Waals surface area contributed by atoms with Crippen molar-refractivity contribution < 1.29 is 4.79 Å². The van der Waals surface area contributed by atoms with Crippen molar-refractivity contribution in [3.63, 3.8) is 0 Å². The van der Waals surface area contributed by atoms with Crippen LogP contribution in [0.5, 0.6) is 0 Å². The molecule has 4 nitrogen and oxygen atoms in total. The average Bonchev–Trinajstić information content (AvgIpc) is 2.63. The first-order valence-electron chi connectivity index (χ1n) is 7.96. The molecule has 1 atom stereocenters. The van der Waals surface area contributed by atoms with Gasteiger partial charge in [0.1, 0.15) is 6.04 Å². The van der Waals surface area contributed by atoms with Crippen LogP contribution in [0.3, 0.4) is 0 Å². The van der Waals surface area contributed by atoms with E-state index in [-0.39, 0.29) is 11.9 Å². The van der Waals surface area contributed by atoms with Crippen molar-refractivity contribution in [1.29, 1.82) is 0 Å². The Morgan fingerprint density at radius 3 is 2.56 bits per heavy atom. The highest BCUT2D eigenvalue weighted by Crippen LogP contribution is 2.16. The van der Waals surface area contributed by atoms with E-state index >= 15 is 0 Å². The molecule has 0 radical (unpaired) electrons. The second-order valence-corrected chi connectivity index (χ2v) is 6.92. The van der Waals surface area contributed by atoms with Gasteiger partial charge in [0.25, 0.3) is 5.91 Å². The van der Waals surface area contributed by atoms with Crippen molar-refractivity contribution in [1.82, 2.24) is 5.43 Å². The van der Waals surface area contributed by atoms with Crippen molar-refractivity contribution in [3.8, 4) is 0 Å². The first kappa shape index (κ1) is 17.4. The molecule has 126 valence electrons. The number of nitrogens with one attached hydrogen (secondary N) is 2. The third-order valence-corrected chi connectivity index (χ3v) is 4.54. The van der Waals surface area contributed by atoms with Crippen LogP contribution in [-0.2, 0) is 4.79 Å². The summed E-state index contributed by atoms with van der Waals surface area (Å²) in [7, 11) is 0. The third kappa shape index (κ3) is 4.57. The standard InChI is InChI=1S/C20H18IN3O/c1-14(23-18-11-9-17(21)10-12-18)20(25)24-22-13-16-7-4-6-15-5-2-3-8-19(15)16/h2-14,23H,1H3,(H,24,25)/b22-13+. The molecule has 0 aliphatic rings. The van der Waals surface area contributed by atoms with Crippen LogP contribution in [0, 0.1) is 3.57 Å². The largest absolute Gasteiger partial charge is 0.374 e. The van der Waals surface area contributed by atoms with E-state index in [1.165, 1.54) is 0 Å². The number of nitrogens with zero attached hydrogens (tertiary/aromatic N) is 1. The highest BCUT2D eigenvalue weighted by atomic mass is 127. The number of halogens is 1. The number of carbonyl (C=O) groups excluding carboxylic acids is 1. The van der Waals surface area contributed by atoms with Gasteiger partial charge in [-0.05, 0) is 64.6 Å². The SMILES string of the molecule is CC(Nc1ccc(I)cc1)C(=O)N/N=C/c1cccc2ccccc12. The number of fused-ring (bicyclic) bond motifs is 1. The maximum Gasteiger partial charge on any atom is 0.262 e. The molecular formula is C20H18IN3O. The van der Waals surface area contributed by atoms with E-state index in [0.29, 0.717) is 0 Å². The van der Waals surface area contributed by atoms with Gasteiger partial charge in [0.2, 0.25) is 0 Å². The summed E-state index contributed by atoms with van der Waals surface area (Å²) in [5.74, 6) is -0.185. The average molecular weight is 443 g/mol. The van der Waals surface area contributed by atoms with E-state index in [2.05, 4.69) is 50.6 Å².